The third-order valence-corrected chi connectivity index (χ3v) is 4.14. The molecular weight excluding hydrogens is 389 g/mol. The summed E-state index contributed by atoms with van der Waals surface area (Å²) < 4.78 is 44.9. The van der Waals surface area contributed by atoms with E-state index in [0.717, 1.165) is 34.9 Å². The molecule has 0 aromatic heterocycles. The molecule has 1 aromatic rings. The number of hydrogen-bond donors (Lipinski definition) is 1. The van der Waals surface area contributed by atoms with Gasteiger partial charge in [0.1, 0.15) is 12.3 Å². The number of anilines is 1. The standard InChI is InChI=1S/C16H15F3N2O5S/c1-2-25-15(24)7-14-21(13(23)9-27-14)8-12(22)20-10-3-5-11(6-4-10)26-16(17,18)19/h3-7H,2,8-9H2,1H3,(H,20,22)/b14-7+. The lowest BCUT2D eigenvalue weighted by molar-refractivity contribution is -0.274. The van der Waals surface area contributed by atoms with E-state index in [1.54, 1.807) is 6.92 Å². The predicted molar refractivity (Wildman–Crippen MR) is 90.6 cm³/mol. The van der Waals surface area contributed by atoms with Crippen LogP contribution in [0.4, 0.5) is 18.9 Å². The van der Waals surface area contributed by atoms with E-state index in [9.17, 15) is 27.6 Å². The zero-order valence-electron chi connectivity index (χ0n) is 14.0. The van der Waals surface area contributed by atoms with Gasteiger partial charge in [-0.15, -0.1) is 13.2 Å². The first-order valence-electron chi connectivity index (χ1n) is 7.65. The second kappa shape index (κ2) is 8.80. The van der Waals surface area contributed by atoms with Gasteiger partial charge in [0.15, 0.2) is 0 Å². The molecule has 0 unspecified atom stereocenters. The molecule has 1 saturated heterocycles. The first-order valence-corrected chi connectivity index (χ1v) is 8.64. The molecule has 0 radical (unpaired) electrons. The van der Waals surface area contributed by atoms with E-state index in [-0.39, 0.29) is 30.5 Å². The highest BCUT2D eigenvalue weighted by molar-refractivity contribution is 8.04. The Balaban J connectivity index is 1.97. The van der Waals surface area contributed by atoms with Crippen LogP contribution >= 0.6 is 11.8 Å². The molecule has 0 bridgehead atoms. The molecule has 1 aliphatic heterocycles. The number of amides is 2. The number of esters is 1. The molecule has 0 spiro atoms. The fourth-order valence-corrected chi connectivity index (χ4v) is 3.00. The highest BCUT2D eigenvalue weighted by Gasteiger charge is 2.31. The van der Waals surface area contributed by atoms with Crippen molar-refractivity contribution >= 4 is 35.2 Å². The van der Waals surface area contributed by atoms with Crippen LogP contribution in [-0.2, 0) is 19.1 Å². The second-order valence-electron chi connectivity index (χ2n) is 5.12. The zero-order valence-corrected chi connectivity index (χ0v) is 14.9. The normalized spacial score (nSPS) is 15.8. The molecule has 1 aromatic carbocycles. The minimum atomic E-state index is -4.81. The average Bonchev–Trinajstić information content (AvgIpc) is 2.88. The molecule has 2 rings (SSSR count). The lowest BCUT2D eigenvalue weighted by Crippen LogP contribution is -2.34. The van der Waals surface area contributed by atoms with Crippen molar-refractivity contribution in [2.75, 3.05) is 24.2 Å². The lowest BCUT2D eigenvalue weighted by atomic mass is 10.3. The summed E-state index contributed by atoms with van der Waals surface area (Å²) in [6.45, 7) is 1.47. The van der Waals surface area contributed by atoms with Gasteiger partial charge in [-0.25, -0.2) is 4.79 Å². The third-order valence-electron chi connectivity index (χ3n) is 3.11. The molecule has 7 nitrogen and oxygen atoms in total. The van der Waals surface area contributed by atoms with Crippen LogP contribution in [0.1, 0.15) is 6.92 Å². The quantitative estimate of drug-likeness (QED) is 0.579. The number of halogens is 3. The molecule has 0 atom stereocenters. The second-order valence-corrected chi connectivity index (χ2v) is 6.12. The smallest absolute Gasteiger partial charge is 0.463 e. The molecule has 2 amide bonds. The van der Waals surface area contributed by atoms with Gasteiger partial charge in [-0.1, -0.05) is 11.8 Å². The van der Waals surface area contributed by atoms with Crippen molar-refractivity contribution in [3.63, 3.8) is 0 Å². The van der Waals surface area contributed by atoms with Gasteiger partial charge in [0.25, 0.3) is 0 Å². The maximum Gasteiger partial charge on any atom is 0.573 e. The number of carbonyl (C=O) groups is 3. The SMILES string of the molecule is CCOC(=O)/C=C1/SCC(=O)N1CC(=O)Nc1ccc(OC(F)(F)F)cc1. The van der Waals surface area contributed by atoms with Crippen molar-refractivity contribution in [1.29, 1.82) is 0 Å². The molecule has 1 fully saturated rings. The summed E-state index contributed by atoms with van der Waals surface area (Å²) >= 11 is 1.10. The maximum absolute atomic E-state index is 12.1. The van der Waals surface area contributed by atoms with E-state index in [1.165, 1.54) is 12.1 Å². The molecule has 0 saturated carbocycles. The summed E-state index contributed by atoms with van der Waals surface area (Å²) in [7, 11) is 0. The van der Waals surface area contributed by atoms with Crippen LogP contribution in [0.2, 0.25) is 0 Å². The van der Waals surface area contributed by atoms with Gasteiger partial charge >= 0.3 is 12.3 Å². The molecule has 146 valence electrons. The van der Waals surface area contributed by atoms with Gasteiger partial charge in [-0.05, 0) is 31.2 Å². The lowest BCUT2D eigenvalue weighted by Gasteiger charge is -2.16. The maximum atomic E-state index is 12.1. The zero-order chi connectivity index (χ0) is 20.0. The molecular formula is C16H15F3N2O5S. The molecule has 1 aliphatic rings. The van der Waals surface area contributed by atoms with Crippen molar-refractivity contribution < 1.29 is 37.0 Å². The van der Waals surface area contributed by atoms with Crippen LogP contribution in [0, 0.1) is 0 Å². The summed E-state index contributed by atoms with van der Waals surface area (Å²) in [4.78, 5) is 36.7. The first kappa shape index (κ1) is 20.6. The van der Waals surface area contributed by atoms with E-state index >= 15 is 0 Å². The molecule has 1 N–H and O–H groups in total. The number of benzene rings is 1. The highest BCUT2D eigenvalue weighted by atomic mass is 32.2. The summed E-state index contributed by atoms with van der Waals surface area (Å²) in [5.41, 5.74) is 0.227. The van der Waals surface area contributed by atoms with Crippen LogP contribution < -0.4 is 10.1 Å². The van der Waals surface area contributed by atoms with Crippen molar-refractivity contribution in [2.45, 2.75) is 13.3 Å². The van der Waals surface area contributed by atoms with Gasteiger partial charge in [0.05, 0.1) is 23.5 Å². The van der Waals surface area contributed by atoms with E-state index in [1.807, 2.05) is 0 Å². The van der Waals surface area contributed by atoms with Crippen molar-refractivity contribution in [3.8, 4) is 5.75 Å². The Bertz CT molecular complexity index is 749. The van der Waals surface area contributed by atoms with E-state index in [0.29, 0.717) is 5.03 Å². The van der Waals surface area contributed by atoms with E-state index < -0.39 is 24.0 Å². The highest BCUT2D eigenvalue weighted by Crippen LogP contribution is 2.29. The Labute approximate surface area is 156 Å². The first-order chi connectivity index (χ1) is 12.7. The molecule has 11 heteroatoms. The largest absolute Gasteiger partial charge is 0.573 e. The summed E-state index contributed by atoms with van der Waals surface area (Å²) in [5.74, 6) is -1.89. The fraction of sp³-hybridized carbons (Fsp3) is 0.312. The van der Waals surface area contributed by atoms with Gasteiger partial charge in [-0.2, -0.15) is 0 Å². The molecule has 1 heterocycles. The number of carbonyl (C=O) groups excluding carboxylic acids is 3. The van der Waals surface area contributed by atoms with Gasteiger partial charge < -0.3 is 14.8 Å². The topological polar surface area (TPSA) is 84.9 Å². The Morgan fingerprint density at radius 1 is 1.30 bits per heavy atom. The summed E-state index contributed by atoms with van der Waals surface area (Å²) in [6.07, 6.45) is -3.67. The number of nitrogens with one attached hydrogen (secondary N) is 1. The minimum absolute atomic E-state index is 0.0853. The Kier molecular flexibility index (Phi) is 6.72. The van der Waals surface area contributed by atoms with E-state index in [2.05, 4.69) is 10.1 Å². The molecule has 27 heavy (non-hydrogen) atoms. The summed E-state index contributed by atoms with van der Waals surface area (Å²) in [5, 5.41) is 2.75. The number of rotatable bonds is 6. The van der Waals surface area contributed by atoms with Crippen molar-refractivity contribution in [1.82, 2.24) is 4.90 Å². The number of alkyl halides is 3. The number of hydrogen-bond acceptors (Lipinski definition) is 6. The van der Waals surface area contributed by atoms with Gasteiger partial charge in [0.2, 0.25) is 11.8 Å². The monoisotopic (exact) mass is 404 g/mol. The van der Waals surface area contributed by atoms with Crippen LogP contribution in [0.3, 0.4) is 0 Å². The van der Waals surface area contributed by atoms with E-state index in [4.69, 9.17) is 4.74 Å². The fourth-order valence-electron chi connectivity index (χ4n) is 2.07. The van der Waals surface area contributed by atoms with Crippen LogP contribution in [0.25, 0.3) is 0 Å². The number of ether oxygens (including phenoxy) is 2. The number of thioether (sulfide) groups is 1. The molecule has 0 aliphatic carbocycles. The van der Waals surface area contributed by atoms with Crippen molar-refractivity contribution in [3.05, 3.63) is 35.4 Å². The Morgan fingerprint density at radius 2 is 1.96 bits per heavy atom. The van der Waals surface area contributed by atoms with Crippen molar-refractivity contribution in [2.24, 2.45) is 0 Å². The van der Waals surface area contributed by atoms with Crippen LogP contribution in [-0.4, -0.2) is 48.0 Å². The Hall–Kier alpha value is -2.69. The van der Waals surface area contributed by atoms with Crippen LogP contribution in [0.15, 0.2) is 35.4 Å². The third kappa shape index (κ3) is 6.51. The summed E-state index contributed by atoms with van der Waals surface area (Å²) in [6, 6.07) is 4.56. The Morgan fingerprint density at radius 3 is 2.56 bits per heavy atom. The minimum Gasteiger partial charge on any atom is -0.463 e. The average molecular weight is 404 g/mol. The van der Waals surface area contributed by atoms with Gasteiger partial charge in [-0.3, -0.25) is 14.5 Å². The number of nitrogens with zero attached hydrogens (tertiary/aromatic N) is 1. The van der Waals surface area contributed by atoms with Gasteiger partial charge in [0, 0.05) is 5.69 Å². The predicted octanol–water partition coefficient (Wildman–Crippen LogP) is 2.50. The van der Waals surface area contributed by atoms with Crippen LogP contribution in [0.5, 0.6) is 5.75 Å².